The molecule has 0 aromatic heterocycles. The molecule has 11 nitrogen and oxygen atoms in total. The third kappa shape index (κ3) is 13.0. The number of phosphoric ester groups is 1. The lowest BCUT2D eigenvalue weighted by Gasteiger charge is -2.26. The molecule has 1 unspecified atom stereocenters. The number of ether oxygens (including phenoxy) is 3. The molecule has 1 aliphatic rings. The maximum absolute atomic E-state index is 13.2. The predicted octanol–water partition coefficient (Wildman–Crippen LogP) is 3.81. The number of nitrogens with one attached hydrogen (secondary N) is 1. The lowest BCUT2D eigenvalue weighted by Crippen LogP contribution is -2.31. The van der Waals surface area contributed by atoms with Gasteiger partial charge >= 0.3 is 7.82 Å². The highest BCUT2D eigenvalue weighted by Crippen LogP contribution is 2.42. The summed E-state index contributed by atoms with van der Waals surface area (Å²) in [6.45, 7) is 4.39. The number of amides is 2. The Bertz CT molecular complexity index is 1280. The number of carbonyl (C=O) groups is 2. The molecular formula is C31H41N2O9P. The molecule has 0 fully saturated rings. The van der Waals surface area contributed by atoms with Crippen molar-refractivity contribution in [1.82, 2.24) is 5.32 Å². The molecule has 1 heterocycles. The van der Waals surface area contributed by atoms with Gasteiger partial charge in [0.1, 0.15) is 0 Å². The van der Waals surface area contributed by atoms with Crippen LogP contribution in [0.3, 0.4) is 0 Å². The summed E-state index contributed by atoms with van der Waals surface area (Å²) in [6.07, 6.45) is 1.90. The zero-order chi connectivity index (χ0) is 30.8. The van der Waals surface area contributed by atoms with Gasteiger partial charge in [-0.15, -0.1) is 0 Å². The van der Waals surface area contributed by atoms with E-state index in [2.05, 4.69) is 21.7 Å². The van der Waals surface area contributed by atoms with Gasteiger partial charge in [-0.1, -0.05) is 42.2 Å². The third-order valence-electron chi connectivity index (χ3n) is 6.30. The molecule has 0 saturated carbocycles. The van der Waals surface area contributed by atoms with Crippen molar-refractivity contribution >= 4 is 25.3 Å². The van der Waals surface area contributed by atoms with Crippen LogP contribution in [0.25, 0.3) is 0 Å². The molecule has 0 radical (unpaired) electrons. The van der Waals surface area contributed by atoms with E-state index in [0.29, 0.717) is 71.8 Å². The van der Waals surface area contributed by atoms with Gasteiger partial charge in [0.05, 0.1) is 65.1 Å². The van der Waals surface area contributed by atoms with Crippen molar-refractivity contribution in [2.45, 2.75) is 39.2 Å². The van der Waals surface area contributed by atoms with Crippen molar-refractivity contribution in [3.63, 3.8) is 0 Å². The first-order chi connectivity index (χ1) is 20.9. The number of unbranched alkanes of at least 4 members (excludes halogenated alkanes) is 1. The highest BCUT2D eigenvalue weighted by Gasteiger charge is 2.21. The molecule has 2 N–H and O–H groups in total. The standard InChI is InChI=1S/C31H41N2O9P/c1-2-41-43(36,37)42-24-23-40-22-21-39-20-19-38-18-17-32-30(34)13-7-8-14-31(35)33-25-28-11-4-3-9-26(28)15-16-27-10-5-6-12-29(27)33/h3-6,9-12H,2,7-8,13-14,17-25H2,1H3,(H,32,34)(H,36,37). The van der Waals surface area contributed by atoms with Crippen LogP contribution in [-0.4, -0.2) is 76.1 Å². The number of nitrogens with zero attached hydrogens (tertiary/aromatic N) is 1. The molecule has 0 aliphatic carbocycles. The van der Waals surface area contributed by atoms with Gasteiger partial charge in [-0.2, -0.15) is 0 Å². The van der Waals surface area contributed by atoms with Crippen LogP contribution in [0.1, 0.15) is 49.3 Å². The summed E-state index contributed by atoms with van der Waals surface area (Å²) in [7, 11) is -3.99. The molecule has 2 aromatic rings. The molecule has 0 bridgehead atoms. The first-order valence-electron chi connectivity index (χ1n) is 14.5. The quantitative estimate of drug-likeness (QED) is 0.129. The van der Waals surface area contributed by atoms with Crippen molar-refractivity contribution in [1.29, 1.82) is 0 Å². The van der Waals surface area contributed by atoms with Crippen molar-refractivity contribution in [3.8, 4) is 11.8 Å². The summed E-state index contributed by atoms with van der Waals surface area (Å²) < 4.78 is 36.7. The average Bonchev–Trinajstić information content (AvgIpc) is 2.98. The fraction of sp³-hybridized carbons (Fsp3) is 0.484. The van der Waals surface area contributed by atoms with Crippen LogP contribution in [0.4, 0.5) is 5.69 Å². The number of phosphoric acid groups is 1. The van der Waals surface area contributed by atoms with Crippen LogP contribution in [-0.2, 0) is 44.0 Å². The minimum Gasteiger partial charge on any atom is -0.377 e. The van der Waals surface area contributed by atoms with E-state index < -0.39 is 7.82 Å². The van der Waals surface area contributed by atoms with Crippen molar-refractivity contribution in [2.24, 2.45) is 0 Å². The Morgan fingerprint density at radius 1 is 0.837 bits per heavy atom. The summed E-state index contributed by atoms with van der Waals surface area (Å²) >= 11 is 0. The molecule has 3 rings (SSSR count). The number of carbonyl (C=O) groups excluding carboxylic acids is 2. The van der Waals surface area contributed by atoms with Gasteiger partial charge in [0.25, 0.3) is 0 Å². The van der Waals surface area contributed by atoms with E-state index in [1.807, 2.05) is 48.5 Å². The monoisotopic (exact) mass is 616 g/mol. The first-order valence-corrected chi connectivity index (χ1v) is 16.0. The highest BCUT2D eigenvalue weighted by molar-refractivity contribution is 7.47. The Balaban J connectivity index is 1.21. The van der Waals surface area contributed by atoms with Crippen LogP contribution >= 0.6 is 7.82 Å². The zero-order valence-electron chi connectivity index (χ0n) is 24.6. The first kappa shape index (κ1) is 34.4. The minimum absolute atomic E-state index is 0.0123. The summed E-state index contributed by atoms with van der Waals surface area (Å²) in [4.78, 5) is 36.5. The van der Waals surface area contributed by atoms with Crippen molar-refractivity contribution in [3.05, 3.63) is 65.2 Å². The van der Waals surface area contributed by atoms with Gasteiger partial charge in [0, 0.05) is 30.5 Å². The van der Waals surface area contributed by atoms with Crippen LogP contribution < -0.4 is 10.2 Å². The maximum Gasteiger partial charge on any atom is 0.472 e. The Labute approximate surface area is 253 Å². The molecule has 2 amide bonds. The second-order valence-corrected chi connectivity index (χ2v) is 11.0. The smallest absolute Gasteiger partial charge is 0.377 e. The summed E-state index contributed by atoms with van der Waals surface area (Å²) in [5.41, 5.74) is 3.57. The summed E-state index contributed by atoms with van der Waals surface area (Å²) in [5.74, 6) is 6.37. The van der Waals surface area contributed by atoms with E-state index in [-0.39, 0.29) is 31.6 Å². The predicted molar refractivity (Wildman–Crippen MR) is 161 cm³/mol. The summed E-state index contributed by atoms with van der Waals surface area (Å²) in [6, 6.07) is 15.6. The number of rotatable bonds is 20. The molecular weight excluding hydrogens is 575 g/mol. The fourth-order valence-electron chi connectivity index (χ4n) is 4.21. The van der Waals surface area contributed by atoms with Gasteiger partial charge in [-0.05, 0) is 43.5 Å². The lowest BCUT2D eigenvalue weighted by atomic mass is 10.0. The van der Waals surface area contributed by atoms with E-state index in [1.165, 1.54) is 0 Å². The molecule has 2 aromatic carbocycles. The highest BCUT2D eigenvalue weighted by atomic mass is 31.2. The van der Waals surface area contributed by atoms with Crippen molar-refractivity contribution in [2.75, 3.05) is 64.3 Å². The van der Waals surface area contributed by atoms with Gasteiger partial charge in [0.15, 0.2) is 0 Å². The molecule has 12 heteroatoms. The minimum atomic E-state index is -3.99. The van der Waals surface area contributed by atoms with Crippen LogP contribution in [0, 0.1) is 11.8 Å². The Hall–Kier alpha value is -3.07. The fourth-order valence-corrected chi connectivity index (χ4v) is 4.92. The van der Waals surface area contributed by atoms with Gasteiger partial charge in [0.2, 0.25) is 11.8 Å². The molecule has 1 atom stereocenters. The van der Waals surface area contributed by atoms with E-state index >= 15 is 0 Å². The maximum atomic E-state index is 13.2. The van der Waals surface area contributed by atoms with Gasteiger partial charge in [-0.3, -0.25) is 18.6 Å². The Morgan fingerprint density at radius 2 is 1.44 bits per heavy atom. The Kier molecular flexibility index (Phi) is 15.4. The second-order valence-electron chi connectivity index (χ2n) is 9.52. The molecule has 43 heavy (non-hydrogen) atoms. The number of hydrogen-bond donors (Lipinski definition) is 2. The van der Waals surface area contributed by atoms with Gasteiger partial charge in [-0.25, -0.2) is 4.57 Å². The molecule has 0 spiro atoms. The molecule has 234 valence electrons. The summed E-state index contributed by atoms with van der Waals surface area (Å²) in [5, 5.41) is 2.83. The SMILES string of the molecule is CCOP(=O)(O)OCCOCCOCCOCCNC(=O)CCCCC(=O)N1Cc2ccccc2C#Cc2ccccc21. The number of para-hydroxylation sites is 1. The van der Waals surface area contributed by atoms with Crippen molar-refractivity contribution < 1.29 is 42.3 Å². The number of fused-ring (bicyclic) bond motifs is 2. The van der Waals surface area contributed by atoms with E-state index in [0.717, 1.165) is 22.4 Å². The number of hydrogen-bond acceptors (Lipinski definition) is 8. The van der Waals surface area contributed by atoms with Crippen LogP contribution in [0.2, 0.25) is 0 Å². The van der Waals surface area contributed by atoms with E-state index in [9.17, 15) is 19.0 Å². The van der Waals surface area contributed by atoms with Crippen LogP contribution in [0.5, 0.6) is 0 Å². The van der Waals surface area contributed by atoms with Gasteiger partial charge < -0.3 is 29.3 Å². The van der Waals surface area contributed by atoms with E-state index in [1.54, 1.807) is 11.8 Å². The molecule has 1 aliphatic heterocycles. The third-order valence-corrected chi connectivity index (χ3v) is 7.40. The number of anilines is 1. The normalized spacial score (nSPS) is 13.5. The lowest BCUT2D eigenvalue weighted by molar-refractivity contribution is -0.122. The average molecular weight is 617 g/mol. The largest absolute Gasteiger partial charge is 0.472 e. The van der Waals surface area contributed by atoms with E-state index in [4.69, 9.17) is 18.7 Å². The Morgan fingerprint density at radius 3 is 2.19 bits per heavy atom. The molecule has 0 saturated heterocycles. The topological polar surface area (TPSA) is 133 Å². The second kappa shape index (κ2) is 19.3. The number of benzene rings is 2. The van der Waals surface area contributed by atoms with Crippen LogP contribution in [0.15, 0.2) is 48.5 Å². The zero-order valence-corrected chi connectivity index (χ0v) is 25.5.